The summed E-state index contributed by atoms with van der Waals surface area (Å²) in [4.78, 5) is 37.3. The lowest BCUT2D eigenvalue weighted by atomic mass is 10.1. The average Bonchev–Trinajstić information content (AvgIpc) is 3.06. The highest BCUT2D eigenvalue weighted by Gasteiger charge is 2.21. The summed E-state index contributed by atoms with van der Waals surface area (Å²) in [5.41, 5.74) is 0. The third kappa shape index (κ3) is 36.3. The van der Waals surface area contributed by atoms with E-state index in [9.17, 15) is 19.0 Å². The minimum atomic E-state index is -4.62. The van der Waals surface area contributed by atoms with Crippen LogP contribution in [0.2, 0.25) is 0 Å². The van der Waals surface area contributed by atoms with E-state index in [1.165, 1.54) is 70.6 Å². The van der Waals surface area contributed by atoms with Crippen LogP contribution in [0.25, 0.3) is 0 Å². The standard InChI is InChI=1S/C40H76NO8P/c1-6-8-10-12-14-16-18-19-20-21-23-24-26-28-30-32-39(42)46-36-38(37-48-50(44,45)47-35-34-41(3,4)5)49-40(43)33-31-29-27-25-22-17-15-13-11-9-7-2/h13,15,23-24,38H,6-12,14,16-22,25-37H2,1-5H3/b15-13+,24-23+/t38-/m1/s1. The molecular weight excluding hydrogens is 653 g/mol. The fourth-order valence-electron chi connectivity index (χ4n) is 5.22. The minimum Gasteiger partial charge on any atom is -0.756 e. The topological polar surface area (TPSA) is 111 Å². The summed E-state index contributed by atoms with van der Waals surface area (Å²) in [7, 11) is 1.15. The van der Waals surface area contributed by atoms with Gasteiger partial charge in [-0.2, -0.15) is 0 Å². The lowest BCUT2D eigenvalue weighted by Gasteiger charge is -2.28. The van der Waals surface area contributed by atoms with Crippen LogP contribution >= 0.6 is 7.82 Å². The van der Waals surface area contributed by atoms with E-state index in [4.69, 9.17) is 18.5 Å². The van der Waals surface area contributed by atoms with Crippen molar-refractivity contribution in [2.75, 3.05) is 47.5 Å². The van der Waals surface area contributed by atoms with Gasteiger partial charge >= 0.3 is 11.9 Å². The highest BCUT2D eigenvalue weighted by atomic mass is 31.2. The van der Waals surface area contributed by atoms with Gasteiger partial charge in [0.1, 0.15) is 19.8 Å². The number of ether oxygens (including phenoxy) is 2. The lowest BCUT2D eigenvalue weighted by Crippen LogP contribution is -2.37. The molecular formula is C40H76NO8P. The molecule has 9 nitrogen and oxygen atoms in total. The first-order chi connectivity index (χ1) is 24.0. The van der Waals surface area contributed by atoms with E-state index in [0.717, 1.165) is 57.8 Å². The molecule has 0 aliphatic carbocycles. The molecule has 0 aromatic rings. The van der Waals surface area contributed by atoms with E-state index >= 15 is 0 Å². The largest absolute Gasteiger partial charge is 0.756 e. The number of quaternary nitrogens is 1. The predicted octanol–water partition coefficient (Wildman–Crippen LogP) is 10.2. The van der Waals surface area contributed by atoms with Crippen LogP contribution < -0.4 is 4.89 Å². The number of nitrogens with zero attached hydrogens (tertiary/aromatic N) is 1. The number of unbranched alkanes of at least 4 members (excludes halogenated alkanes) is 18. The highest BCUT2D eigenvalue weighted by Crippen LogP contribution is 2.38. The van der Waals surface area contributed by atoms with Gasteiger partial charge in [0.2, 0.25) is 0 Å². The Balaban J connectivity index is 4.43. The van der Waals surface area contributed by atoms with Gasteiger partial charge in [0.15, 0.2) is 6.10 Å². The molecule has 50 heavy (non-hydrogen) atoms. The first-order valence-corrected chi connectivity index (χ1v) is 21.5. The third-order valence-corrected chi connectivity index (χ3v) is 9.41. The van der Waals surface area contributed by atoms with Gasteiger partial charge in [-0.05, 0) is 57.8 Å². The Morgan fingerprint density at radius 1 is 0.600 bits per heavy atom. The van der Waals surface area contributed by atoms with Crippen LogP contribution in [-0.2, 0) is 32.7 Å². The quantitative estimate of drug-likeness (QED) is 0.0206. The second kappa shape index (κ2) is 33.3. The van der Waals surface area contributed by atoms with Gasteiger partial charge in [-0.15, -0.1) is 0 Å². The molecule has 0 saturated heterocycles. The summed E-state index contributed by atoms with van der Waals surface area (Å²) in [6.07, 6.45) is 33.5. The molecule has 1 unspecified atom stereocenters. The van der Waals surface area contributed by atoms with Gasteiger partial charge in [-0.25, -0.2) is 0 Å². The van der Waals surface area contributed by atoms with Crippen LogP contribution in [0.4, 0.5) is 0 Å². The smallest absolute Gasteiger partial charge is 0.306 e. The number of carbonyl (C=O) groups excluding carboxylic acids is 2. The van der Waals surface area contributed by atoms with Gasteiger partial charge < -0.3 is 27.9 Å². The second-order valence-electron chi connectivity index (χ2n) is 14.6. The fraction of sp³-hybridized carbons (Fsp3) is 0.850. The van der Waals surface area contributed by atoms with Crippen LogP contribution in [0.5, 0.6) is 0 Å². The number of phosphoric ester groups is 1. The molecule has 0 heterocycles. The Hall–Kier alpha value is -1.51. The molecule has 0 spiro atoms. The van der Waals surface area contributed by atoms with E-state index < -0.39 is 32.5 Å². The van der Waals surface area contributed by atoms with Gasteiger partial charge in [0.25, 0.3) is 7.82 Å². The molecule has 0 saturated carbocycles. The molecule has 2 atom stereocenters. The number of carbonyl (C=O) groups is 2. The zero-order chi connectivity index (χ0) is 37.2. The second-order valence-corrected chi connectivity index (χ2v) is 16.1. The van der Waals surface area contributed by atoms with Crippen LogP contribution in [0.1, 0.15) is 168 Å². The van der Waals surface area contributed by atoms with E-state index in [0.29, 0.717) is 23.9 Å². The zero-order valence-corrected chi connectivity index (χ0v) is 33.7. The molecule has 0 fully saturated rings. The van der Waals surface area contributed by atoms with E-state index in [2.05, 4.69) is 38.2 Å². The van der Waals surface area contributed by atoms with E-state index in [1.54, 1.807) is 0 Å². The number of hydrogen-bond donors (Lipinski definition) is 0. The Labute approximate surface area is 307 Å². The summed E-state index contributed by atoms with van der Waals surface area (Å²) >= 11 is 0. The number of allylic oxidation sites excluding steroid dienone is 4. The molecule has 10 heteroatoms. The van der Waals surface area contributed by atoms with Crippen molar-refractivity contribution in [3.05, 3.63) is 24.3 Å². The van der Waals surface area contributed by atoms with Crippen LogP contribution in [0, 0.1) is 0 Å². The highest BCUT2D eigenvalue weighted by molar-refractivity contribution is 7.45. The Bertz CT molecular complexity index is 918. The van der Waals surface area contributed by atoms with Crippen molar-refractivity contribution >= 4 is 19.8 Å². The molecule has 0 aliphatic heterocycles. The molecule has 294 valence electrons. The maximum Gasteiger partial charge on any atom is 0.306 e. The fourth-order valence-corrected chi connectivity index (χ4v) is 5.95. The Morgan fingerprint density at radius 2 is 1.04 bits per heavy atom. The van der Waals surface area contributed by atoms with Crippen molar-refractivity contribution in [3.63, 3.8) is 0 Å². The third-order valence-electron chi connectivity index (χ3n) is 8.44. The van der Waals surface area contributed by atoms with Crippen LogP contribution in [0.15, 0.2) is 24.3 Å². The molecule has 0 aromatic carbocycles. The van der Waals surface area contributed by atoms with Gasteiger partial charge in [-0.3, -0.25) is 14.2 Å². The van der Waals surface area contributed by atoms with Gasteiger partial charge in [0, 0.05) is 12.8 Å². The normalized spacial score (nSPS) is 14.0. The van der Waals surface area contributed by atoms with E-state index in [-0.39, 0.29) is 26.1 Å². The van der Waals surface area contributed by atoms with Crippen molar-refractivity contribution in [2.24, 2.45) is 0 Å². The predicted molar refractivity (Wildman–Crippen MR) is 204 cm³/mol. The number of likely N-dealkylation sites (N-methyl/N-ethyl adjacent to an activating group) is 1. The first kappa shape index (κ1) is 48.5. The Kier molecular flexibility index (Phi) is 32.3. The molecule has 0 amide bonds. The van der Waals surface area contributed by atoms with Crippen LogP contribution in [-0.4, -0.2) is 70.0 Å². The van der Waals surface area contributed by atoms with Gasteiger partial charge in [-0.1, -0.05) is 122 Å². The summed E-state index contributed by atoms with van der Waals surface area (Å²) < 4.78 is 33.7. The number of phosphoric acid groups is 1. The summed E-state index contributed by atoms with van der Waals surface area (Å²) in [5.74, 6) is -0.871. The SMILES string of the molecule is CCCC/C=C/CCCCCCCC(=O)O[C@H](COC(=O)CCCC/C=C/CCCCCCCCCCC)COP(=O)([O-])OCC[N+](C)(C)C. The average molecular weight is 730 g/mol. The molecule has 0 rings (SSSR count). The molecule has 0 bridgehead atoms. The first-order valence-electron chi connectivity index (χ1n) is 20.0. The van der Waals surface area contributed by atoms with E-state index in [1.807, 2.05) is 21.1 Å². The Morgan fingerprint density at radius 3 is 1.58 bits per heavy atom. The minimum absolute atomic E-state index is 0.0344. The van der Waals surface area contributed by atoms with Crippen molar-refractivity contribution in [1.82, 2.24) is 0 Å². The van der Waals surface area contributed by atoms with Gasteiger partial charge in [0.05, 0.1) is 27.7 Å². The van der Waals surface area contributed by atoms with Crippen molar-refractivity contribution in [1.29, 1.82) is 0 Å². The number of rotatable bonds is 36. The maximum absolute atomic E-state index is 12.6. The number of esters is 2. The van der Waals surface area contributed by atoms with Crippen molar-refractivity contribution in [3.8, 4) is 0 Å². The molecule has 0 radical (unpaired) electrons. The monoisotopic (exact) mass is 730 g/mol. The molecule has 0 aliphatic rings. The summed E-state index contributed by atoms with van der Waals surface area (Å²) in [6.45, 7) is 4.14. The summed E-state index contributed by atoms with van der Waals surface area (Å²) in [6, 6.07) is 0. The van der Waals surface area contributed by atoms with Crippen molar-refractivity contribution < 1.29 is 42.1 Å². The lowest BCUT2D eigenvalue weighted by molar-refractivity contribution is -0.870. The van der Waals surface area contributed by atoms with Crippen molar-refractivity contribution in [2.45, 2.75) is 174 Å². The number of hydrogen-bond acceptors (Lipinski definition) is 8. The maximum atomic E-state index is 12.6. The summed E-state index contributed by atoms with van der Waals surface area (Å²) in [5, 5.41) is 0. The molecule has 0 N–H and O–H groups in total. The molecule has 0 aromatic heterocycles. The zero-order valence-electron chi connectivity index (χ0n) is 32.8. The van der Waals surface area contributed by atoms with Crippen LogP contribution in [0.3, 0.4) is 0 Å².